The molecule has 2 heterocycles. The van der Waals surface area contributed by atoms with E-state index < -0.39 is 0 Å². The molecule has 110 valence electrons. The lowest BCUT2D eigenvalue weighted by atomic mass is 9.85. The van der Waals surface area contributed by atoms with Crippen LogP contribution in [0.4, 0.5) is 0 Å². The Labute approximate surface area is 121 Å². The third-order valence-electron chi connectivity index (χ3n) is 4.56. The number of rotatable bonds is 5. The summed E-state index contributed by atoms with van der Waals surface area (Å²) in [6, 6.07) is 5.41. The van der Waals surface area contributed by atoms with Gasteiger partial charge in [-0.25, -0.2) is 4.98 Å². The smallest absolute Gasteiger partial charge is 0.212 e. The van der Waals surface area contributed by atoms with Crippen molar-refractivity contribution in [3.8, 4) is 5.88 Å². The lowest BCUT2D eigenvalue weighted by Gasteiger charge is -2.39. The molecule has 2 unspecified atom stereocenters. The van der Waals surface area contributed by atoms with Gasteiger partial charge in [0.25, 0.3) is 0 Å². The van der Waals surface area contributed by atoms with E-state index in [0.29, 0.717) is 17.8 Å². The van der Waals surface area contributed by atoms with Crippen LogP contribution in [0.1, 0.15) is 37.3 Å². The average Bonchev–Trinajstić information content (AvgIpc) is 3.30. The number of nitrogens with one attached hydrogen (secondary N) is 1. The van der Waals surface area contributed by atoms with Crippen LogP contribution in [0, 0.1) is 5.92 Å². The highest BCUT2D eigenvalue weighted by atomic mass is 16.5. The van der Waals surface area contributed by atoms with E-state index in [4.69, 9.17) is 4.74 Å². The van der Waals surface area contributed by atoms with Crippen molar-refractivity contribution in [2.75, 3.05) is 27.2 Å². The second-order valence-electron chi connectivity index (χ2n) is 6.14. The molecule has 2 fully saturated rings. The van der Waals surface area contributed by atoms with Crippen LogP contribution in [0.2, 0.25) is 0 Å². The monoisotopic (exact) mass is 275 g/mol. The van der Waals surface area contributed by atoms with Crippen molar-refractivity contribution in [1.29, 1.82) is 0 Å². The summed E-state index contributed by atoms with van der Waals surface area (Å²) in [5, 5.41) is 3.70. The van der Waals surface area contributed by atoms with Crippen LogP contribution in [0.5, 0.6) is 5.88 Å². The minimum atomic E-state index is 0.480. The molecule has 0 aromatic carbocycles. The highest BCUT2D eigenvalue weighted by Crippen LogP contribution is 2.35. The first-order chi connectivity index (χ1) is 9.78. The lowest BCUT2D eigenvalue weighted by Crippen LogP contribution is -2.41. The molecule has 1 saturated carbocycles. The molecule has 2 atom stereocenters. The summed E-state index contributed by atoms with van der Waals surface area (Å²) in [4.78, 5) is 6.86. The standard InChI is InChI=1S/C16H25N3O/c1-19-9-3-4-12(10-17-14-6-7-14)16(19)13-5-8-15(20-2)18-11-13/h5,8,11-12,14,16-17H,3-4,6-7,9-10H2,1-2H3. The molecule has 1 aliphatic heterocycles. The molecular weight excluding hydrogens is 250 g/mol. The zero-order valence-corrected chi connectivity index (χ0v) is 12.5. The fourth-order valence-corrected chi connectivity index (χ4v) is 3.29. The summed E-state index contributed by atoms with van der Waals surface area (Å²) in [5.74, 6) is 1.38. The number of hydrogen-bond donors (Lipinski definition) is 1. The largest absolute Gasteiger partial charge is 0.481 e. The fourth-order valence-electron chi connectivity index (χ4n) is 3.29. The van der Waals surface area contributed by atoms with Gasteiger partial charge in [-0.15, -0.1) is 0 Å². The number of piperidine rings is 1. The number of pyridine rings is 1. The van der Waals surface area contributed by atoms with E-state index in [9.17, 15) is 0 Å². The summed E-state index contributed by atoms with van der Waals surface area (Å²) in [6.45, 7) is 2.31. The Morgan fingerprint density at radius 1 is 1.35 bits per heavy atom. The van der Waals surface area contributed by atoms with Gasteiger partial charge in [-0.3, -0.25) is 4.90 Å². The molecule has 0 amide bonds. The first-order valence-corrected chi connectivity index (χ1v) is 7.71. The van der Waals surface area contributed by atoms with Crippen LogP contribution in [0.25, 0.3) is 0 Å². The zero-order chi connectivity index (χ0) is 13.9. The van der Waals surface area contributed by atoms with Crippen LogP contribution in [0.15, 0.2) is 18.3 Å². The van der Waals surface area contributed by atoms with Crippen LogP contribution in [-0.4, -0.2) is 43.2 Å². The van der Waals surface area contributed by atoms with Gasteiger partial charge in [-0.1, -0.05) is 6.07 Å². The molecule has 1 N–H and O–H groups in total. The van der Waals surface area contributed by atoms with Gasteiger partial charge in [0.1, 0.15) is 0 Å². The number of methoxy groups -OCH3 is 1. The minimum Gasteiger partial charge on any atom is -0.481 e. The maximum atomic E-state index is 5.16. The highest BCUT2D eigenvalue weighted by molar-refractivity contribution is 5.22. The molecule has 4 heteroatoms. The molecule has 1 aromatic heterocycles. The van der Waals surface area contributed by atoms with E-state index in [0.717, 1.165) is 12.6 Å². The maximum absolute atomic E-state index is 5.16. The summed E-state index contributed by atoms with van der Waals surface area (Å²) < 4.78 is 5.16. The van der Waals surface area contributed by atoms with E-state index in [-0.39, 0.29) is 0 Å². The van der Waals surface area contributed by atoms with Gasteiger partial charge in [0.15, 0.2) is 0 Å². The van der Waals surface area contributed by atoms with Gasteiger partial charge in [-0.05, 0) is 50.8 Å². The summed E-state index contributed by atoms with van der Waals surface area (Å²) >= 11 is 0. The van der Waals surface area contributed by atoms with Gasteiger partial charge in [0, 0.05) is 30.9 Å². The third-order valence-corrected chi connectivity index (χ3v) is 4.56. The van der Waals surface area contributed by atoms with Crippen LogP contribution in [-0.2, 0) is 0 Å². The van der Waals surface area contributed by atoms with E-state index in [1.807, 2.05) is 12.3 Å². The Kier molecular flexibility index (Phi) is 4.22. The summed E-state index contributed by atoms with van der Waals surface area (Å²) in [7, 11) is 3.90. The Balaban J connectivity index is 1.72. The number of ether oxygens (including phenoxy) is 1. The molecule has 0 spiro atoms. The predicted molar refractivity (Wildman–Crippen MR) is 79.9 cm³/mol. The van der Waals surface area contributed by atoms with Crippen LogP contribution in [0.3, 0.4) is 0 Å². The first-order valence-electron chi connectivity index (χ1n) is 7.71. The Bertz CT molecular complexity index is 430. The normalized spacial score (nSPS) is 27.5. The molecule has 1 aliphatic carbocycles. The van der Waals surface area contributed by atoms with E-state index >= 15 is 0 Å². The van der Waals surface area contributed by atoms with E-state index in [2.05, 4.69) is 28.3 Å². The van der Waals surface area contributed by atoms with Crippen molar-refractivity contribution in [1.82, 2.24) is 15.2 Å². The van der Waals surface area contributed by atoms with Crippen LogP contribution < -0.4 is 10.1 Å². The zero-order valence-electron chi connectivity index (χ0n) is 12.5. The molecule has 0 radical (unpaired) electrons. The number of likely N-dealkylation sites (tertiary alicyclic amines) is 1. The maximum Gasteiger partial charge on any atom is 0.212 e. The molecule has 0 bridgehead atoms. The van der Waals surface area contributed by atoms with Gasteiger partial charge >= 0.3 is 0 Å². The van der Waals surface area contributed by atoms with Crippen molar-refractivity contribution < 1.29 is 4.74 Å². The second kappa shape index (κ2) is 6.10. The summed E-state index contributed by atoms with van der Waals surface area (Å²) in [5.41, 5.74) is 1.32. The van der Waals surface area contributed by atoms with E-state index in [1.165, 1.54) is 37.8 Å². The van der Waals surface area contributed by atoms with Gasteiger partial charge < -0.3 is 10.1 Å². The van der Waals surface area contributed by atoms with Crippen molar-refractivity contribution in [2.45, 2.75) is 37.8 Å². The van der Waals surface area contributed by atoms with Gasteiger partial charge in [0.05, 0.1) is 7.11 Å². The molecule has 3 rings (SSSR count). The minimum absolute atomic E-state index is 0.480. The SMILES string of the molecule is COc1ccc(C2C(CNC3CC3)CCCN2C)cn1. The Morgan fingerprint density at radius 2 is 2.20 bits per heavy atom. The van der Waals surface area contributed by atoms with E-state index in [1.54, 1.807) is 7.11 Å². The topological polar surface area (TPSA) is 37.4 Å². The first kappa shape index (κ1) is 13.8. The Morgan fingerprint density at radius 3 is 2.85 bits per heavy atom. The second-order valence-corrected chi connectivity index (χ2v) is 6.14. The highest BCUT2D eigenvalue weighted by Gasteiger charge is 2.32. The predicted octanol–water partition coefficient (Wildman–Crippen LogP) is 2.23. The Hall–Kier alpha value is -1.13. The van der Waals surface area contributed by atoms with Gasteiger partial charge in [-0.2, -0.15) is 0 Å². The molecule has 1 saturated heterocycles. The molecule has 2 aliphatic rings. The average molecular weight is 275 g/mol. The molecule has 4 nitrogen and oxygen atoms in total. The van der Waals surface area contributed by atoms with Crippen molar-refractivity contribution in [2.24, 2.45) is 5.92 Å². The molecule has 1 aromatic rings. The summed E-state index contributed by atoms with van der Waals surface area (Å²) in [6.07, 6.45) is 7.30. The number of nitrogens with zero attached hydrogens (tertiary/aromatic N) is 2. The fraction of sp³-hybridized carbons (Fsp3) is 0.688. The van der Waals surface area contributed by atoms with Crippen LogP contribution >= 0.6 is 0 Å². The van der Waals surface area contributed by atoms with Crippen molar-refractivity contribution >= 4 is 0 Å². The number of aromatic nitrogens is 1. The molecule has 20 heavy (non-hydrogen) atoms. The number of hydrogen-bond acceptors (Lipinski definition) is 4. The quantitative estimate of drug-likeness (QED) is 0.894. The third kappa shape index (κ3) is 3.13. The lowest BCUT2D eigenvalue weighted by molar-refractivity contribution is 0.119. The van der Waals surface area contributed by atoms with Gasteiger partial charge in [0.2, 0.25) is 5.88 Å². The van der Waals surface area contributed by atoms with Crippen molar-refractivity contribution in [3.05, 3.63) is 23.9 Å². The van der Waals surface area contributed by atoms with Crippen molar-refractivity contribution in [3.63, 3.8) is 0 Å². The molecular formula is C16H25N3O.